The summed E-state index contributed by atoms with van der Waals surface area (Å²) in [6.07, 6.45) is 2.45. The van der Waals surface area contributed by atoms with E-state index < -0.39 is 24.9 Å². The van der Waals surface area contributed by atoms with Gasteiger partial charge in [-0.25, -0.2) is 13.5 Å². The molecule has 1 aromatic carbocycles. The van der Waals surface area contributed by atoms with E-state index in [0.717, 1.165) is 40.7 Å². The van der Waals surface area contributed by atoms with Crippen molar-refractivity contribution < 1.29 is 13.6 Å². The van der Waals surface area contributed by atoms with Crippen molar-refractivity contribution in [3.8, 4) is 5.69 Å². The quantitative estimate of drug-likeness (QED) is 0.812. The summed E-state index contributed by atoms with van der Waals surface area (Å²) in [6, 6.07) is 7.57. The highest BCUT2D eigenvalue weighted by atomic mass is 79.9. The van der Waals surface area contributed by atoms with E-state index in [2.05, 4.69) is 26.3 Å². The molecular weight excluding hydrogens is 382 g/mol. The van der Waals surface area contributed by atoms with Gasteiger partial charge >= 0.3 is 0 Å². The minimum atomic E-state index is -3.12. The van der Waals surface area contributed by atoms with E-state index in [0.29, 0.717) is 0 Å². The van der Waals surface area contributed by atoms with E-state index in [1.807, 2.05) is 24.3 Å². The molecule has 0 atom stereocenters. The monoisotopic (exact) mass is 398 g/mol. The molecule has 24 heavy (non-hydrogen) atoms. The number of carbonyl (C=O) groups is 1. The standard InChI is InChI=1S/C16H17BrF2N4O/c17-10-3-1-4-11(7-10)23-13-6-2-5-12(13)14(22-23)15(24)21-9-16(18,19)8-20/h1,3-4,7H,2,5-6,8-9,20H2,(H,21,24). The van der Waals surface area contributed by atoms with Crippen LogP contribution in [0, 0.1) is 0 Å². The minimum absolute atomic E-state index is 0.218. The van der Waals surface area contributed by atoms with Gasteiger partial charge in [0.1, 0.15) is 0 Å². The molecule has 1 aliphatic carbocycles. The molecule has 1 amide bonds. The van der Waals surface area contributed by atoms with Gasteiger partial charge in [0, 0.05) is 15.7 Å². The van der Waals surface area contributed by atoms with E-state index >= 15 is 0 Å². The highest BCUT2D eigenvalue weighted by molar-refractivity contribution is 9.10. The summed E-state index contributed by atoms with van der Waals surface area (Å²) in [7, 11) is 0. The summed E-state index contributed by atoms with van der Waals surface area (Å²) < 4.78 is 29.1. The number of aromatic nitrogens is 2. The Balaban J connectivity index is 1.90. The SMILES string of the molecule is NCC(F)(F)CNC(=O)c1nn(-c2cccc(Br)c2)c2c1CCC2. The van der Waals surface area contributed by atoms with E-state index in [1.165, 1.54) is 0 Å². The maximum Gasteiger partial charge on any atom is 0.277 e. The molecule has 1 heterocycles. The van der Waals surface area contributed by atoms with Crippen LogP contribution in [0.3, 0.4) is 0 Å². The lowest BCUT2D eigenvalue weighted by molar-refractivity contribution is 0.0118. The number of nitrogens with two attached hydrogens (primary N) is 1. The molecule has 0 radical (unpaired) electrons. The van der Waals surface area contributed by atoms with Gasteiger partial charge in [-0.05, 0) is 37.5 Å². The Morgan fingerprint density at radius 1 is 1.42 bits per heavy atom. The topological polar surface area (TPSA) is 72.9 Å². The zero-order valence-electron chi connectivity index (χ0n) is 12.9. The molecule has 5 nitrogen and oxygen atoms in total. The van der Waals surface area contributed by atoms with Crippen molar-refractivity contribution in [3.05, 3.63) is 45.7 Å². The second-order valence-electron chi connectivity index (χ2n) is 5.76. The predicted molar refractivity (Wildman–Crippen MR) is 89.6 cm³/mol. The molecule has 1 aromatic heterocycles. The molecule has 1 aliphatic rings. The number of amides is 1. The molecule has 2 aromatic rings. The molecule has 3 N–H and O–H groups in total. The van der Waals surface area contributed by atoms with Crippen molar-refractivity contribution >= 4 is 21.8 Å². The lowest BCUT2D eigenvalue weighted by Gasteiger charge is -2.14. The van der Waals surface area contributed by atoms with Crippen LogP contribution in [0.25, 0.3) is 5.69 Å². The third-order valence-electron chi connectivity index (χ3n) is 4.00. The normalized spacial score (nSPS) is 13.8. The first kappa shape index (κ1) is 17.0. The molecule has 0 fully saturated rings. The molecular formula is C16H17BrF2N4O. The lowest BCUT2D eigenvalue weighted by Crippen LogP contribution is -2.41. The van der Waals surface area contributed by atoms with Gasteiger partial charge in [-0.2, -0.15) is 5.10 Å². The predicted octanol–water partition coefficient (Wildman–Crippen LogP) is 2.45. The molecule has 128 valence electrons. The number of rotatable bonds is 5. The molecule has 0 saturated carbocycles. The third-order valence-corrected chi connectivity index (χ3v) is 4.50. The van der Waals surface area contributed by atoms with Crippen molar-refractivity contribution in [2.75, 3.05) is 13.1 Å². The summed E-state index contributed by atoms with van der Waals surface area (Å²) in [5, 5.41) is 6.62. The Kier molecular flexibility index (Phi) is 4.69. The van der Waals surface area contributed by atoms with E-state index in [9.17, 15) is 13.6 Å². The Bertz CT molecular complexity index is 775. The van der Waals surface area contributed by atoms with Crippen molar-refractivity contribution in [3.63, 3.8) is 0 Å². The van der Waals surface area contributed by atoms with Crippen molar-refractivity contribution in [2.45, 2.75) is 25.2 Å². The fourth-order valence-electron chi connectivity index (χ4n) is 2.81. The van der Waals surface area contributed by atoms with Crippen LogP contribution in [0.4, 0.5) is 8.78 Å². The minimum Gasteiger partial charge on any atom is -0.345 e. The Labute approximate surface area is 146 Å². The maximum atomic E-state index is 13.2. The van der Waals surface area contributed by atoms with Gasteiger partial charge in [0.25, 0.3) is 11.8 Å². The van der Waals surface area contributed by atoms with Crippen molar-refractivity contribution in [1.82, 2.24) is 15.1 Å². The van der Waals surface area contributed by atoms with E-state index in [4.69, 9.17) is 5.73 Å². The van der Waals surface area contributed by atoms with Gasteiger partial charge in [0.2, 0.25) is 0 Å². The zero-order chi connectivity index (χ0) is 17.3. The van der Waals surface area contributed by atoms with Crippen LogP contribution in [0.15, 0.2) is 28.7 Å². The number of hydrogen-bond donors (Lipinski definition) is 2. The van der Waals surface area contributed by atoms with Crippen LogP contribution in [0.2, 0.25) is 0 Å². The average Bonchev–Trinajstić information content (AvgIpc) is 3.15. The zero-order valence-corrected chi connectivity index (χ0v) is 14.4. The molecule has 0 spiro atoms. The van der Waals surface area contributed by atoms with Gasteiger partial charge < -0.3 is 11.1 Å². The average molecular weight is 399 g/mol. The number of nitrogens with zero attached hydrogens (tertiary/aromatic N) is 2. The largest absolute Gasteiger partial charge is 0.345 e. The Hall–Kier alpha value is -1.80. The number of hydrogen-bond acceptors (Lipinski definition) is 3. The first-order chi connectivity index (χ1) is 11.4. The number of carbonyl (C=O) groups excluding carboxylic acids is 1. The molecule has 0 bridgehead atoms. The Morgan fingerprint density at radius 3 is 2.92 bits per heavy atom. The number of benzene rings is 1. The van der Waals surface area contributed by atoms with Gasteiger partial charge in [0.05, 0.1) is 18.8 Å². The van der Waals surface area contributed by atoms with E-state index in [1.54, 1.807) is 4.68 Å². The summed E-state index contributed by atoms with van der Waals surface area (Å²) >= 11 is 3.41. The van der Waals surface area contributed by atoms with Crippen LogP contribution in [0.1, 0.15) is 28.2 Å². The lowest BCUT2D eigenvalue weighted by atomic mass is 10.2. The second kappa shape index (κ2) is 6.60. The van der Waals surface area contributed by atoms with Crippen LogP contribution < -0.4 is 11.1 Å². The molecule has 3 rings (SSSR count). The molecule has 0 unspecified atom stereocenters. The summed E-state index contributed by atoms with van der Waals surface area (Å²) in [5.41, 5.74) is 7.83. The summed E-state index contributed by atoms with van der Waals surface area (Å²) in [6.45, 7) is -1.60. The van der Waals surface area contributed by atoms with Crippen LogP contribution in [-0.4, -0.2) is 34.7 Å². The third kappa shape index (κ3) is 3.34. The number of nitrogens with one attached hydrogen (secondary N) is 1. The van der Waals surface area contributed by atoms with E-state index in [-0.39, 0.29) is 5.69 Å². The maximum absolute atomic E-state index is 13.2. The smallest absolute Gasteiger partial charge is 0.277 e. The van der Waals surface area contributed by atoms with Crippen LogP contribution in [-0.2, 0) is 12.8 Å². The van der Waals surface area contributed by atoms with Gasteiger partial charge in [-0.15, -0.1) is 0 Å². The second-order valence-corrected chi connectivity index (χ2v) is 6.68. The van der Waals surface area contributed by atoms with Crippen LogP contribution >= 0.6 is 15.9 Å². The van der Waals surface area contributed by atoms with Crippen molar-refractivity contribution in [2.24, 2.45) is 5.73 Å². The number of fused-ring (bicyclic) bond motifs is 1. The highest BCUT2D eigenvalue weighted by Gasteiger charge is 2.31. The van der Waals surface area contributed by atoms with Crippen molar-refractivity contribution in [1.29, 1.82) is 0 Å². The van der Waals surface area contributed by atoms with Gasteiger partial charge in [0.15, 0.2) is 5.69 Å². The first-order valence-corrected chi connectivity index (χ1v) is 8.43. The highest BCUT2D eigenvalue weighted by Crippen LogP contribution is 2.28. The fourth-order valence-corrected chi connectivity index (χ4v) is 3.19. The van der Waals surface area contributed by atoms with Gasteiger partial charge in [-0.3, -0.25) is 4.79 Å². The fraction of sp³-hybridized carbons (Fsp3) is 0.375. The molecule has 8 heteroatoms. The molecule has 0 saturated heterocycles. The van der Waals surface area contributed by atoms with Gasteiger partial charge in [-0.1, -0.05) is 22.0 Å². The number of alkyl halides is 2. The Morgan fingerprint density at radius 2 is 2.21 bits per heavy atom. The molecule has 0 aliphatic heterocycles. The number of halogens is 3. The summed E-state index contributed by atoms with van der Waals surface area (Å²) in [5.74, 6) is -3.71. The summed E-state index contributed by atoms with van der Waals surface area (Å²) in [4.78, 5) is 12.3. The van der Waals surface area contributed by atoms with Crippen LogP contribution in [0.5, 0.6) is 0 Å². The first-order valence-electron chi connectivity index (χ1n) is 7.64.